The number of carbonyl (C=O) groups is 1. The van der Waals surface area contributed by atoms with E-state index < -0.39 is 0 Å². The minimum Gasteiger partial charge on any atom is -0.348 e. The lowest BCUT2D eigenvalue weighted by Crippen LogP contribution is -2.48. The lowest BCUT2D eigenvalue weighted by atomic mass is 9.77. The number of nitrogens with zero attached hydrogens (tertiary/aromatic N) is 3. The molecule has 1 aromatic carbocycles. The monoisotopic (exact) mass is 326 g/mol. The molecule has 0 radical (unpaired) electrons. The van der Waals surface area contributed by atoms with E-state index in [1.165, 1.54) is 32.5 Å². The van der Waals surface area contributed by atoms with Gasteiger partial charge in [-0.2, -0.15) is 4.98 Å². The SMILES string of the molecule is O=C(NCCC1CN2CCC1CC2)c1nc(-c2ccccc2)no1. The van der Waals surface area contributed by atoms with Gasteiger partial charge >= 0.3 is 11.8 Å². The number of benzene rings is 1. The Bertz CT molecular complexity index is 692. The first-order chi connectivity index (χ1) is 11.8. The maximum Gasteiger partial charge on any atom is 0.316 e. The Morgan fingerprint density at radius 1 is 1.25 bits per heavy atom. The van der Waals surface area contributed by atoms with Gasteiger partial charge in [0, 0.05) is 18.7 Å². The minimum atomic E-state index is -0.286. The fraction of sp³-hybridized carbons (Fsp3) is 0.500. The second-order valence-corrected chi connectivity index (χ2v) is 6.73. The van der Waals surface area contributed by atoms with Gasteiger partial charge in [-0.3, -0.25) is 4.79 Å². The molecule has 1 N–H and O–H groups in total. The Balaban J connectivity index is 1.30. The summed E-state index contributed by atoms with van der Waals surface area (Å²) in [6.07, 6.45) is 3.64. The van der Waals surface area contributed by atoms with Crippen LogP contribution in [0.1, 0.15) is 29.9 Å². The highest BCUT2D eigenvalue weighted by molar-refractivity contribution is 5.89. The number of amides is 1. The average molecular weight is 326 g/mol. The van der Waals surface area contributed by atoms with E-state index in [1.54, 1.807) is 0 Å². The van der Waals surface area contributed by atoms with Crippen molar-refractivity contribution in [1.82, 2.24) is 20.4 Å². The van der Waals surface area contributed by atoms with Crippen LogP contribution in [0.25, 0.3) is 11.4 Å². The lowest BCUT2D eigenvalue weighted by Gasteiger charge is -2.45. The van der Waals surface area contributed by atoms with E-state index in [4.69, 9.17) is 4.52 Å². The first kappa shape index (κ1) is 15.3. The van der Waals surface area contributed by atoms with E-state index in [9.17, 15) is 4.79 Å². The molecule has 5 rings (SSSR count). The van der Waals surface area contributed by atoms with Gasteiger partial charge < -0.3 is 14.7 Å². The second kappa shape index (κ2) is 6.73. The first-order valence-electron chi connectivity index (χ1n) is 8.69. The Morgan fingerprint density at radius 3 is 2.75 bits per heavy atom. The van der Waals surface area contributed by atoms with Crippen LogP contribution >= 0.6 is 0 Å². The van der Waals surface area contributed by atoms with Crippen LogP contribution in [-0.2, 0) is 0 Å². The molecule has 3 saturated heterocycles. The summed E-state index contributed by atoms with van der Waals surface area (Å²) < 4.78 is 5.09. The van der Waals surface area contributed by atoms with E-state index in [0.717, 1.165) is 17.9 Å². The third-order valence-corrected chi connectivity index (χ3v) is 5.24. The summed E-state index contributed by atoms with van der Waals surface area (Å²) in [5, 5.41) is 6.80. The molecule has 1 aromatic heterocycles. The maximum atomic E-state index is 12.2. The van der Waals surface area contributed by atoms with Gasteiger partial charge in [0.2, 0.25) is 5.82 Å². The highest BCUT2D eigenvalue weighted by Gasteiger charge is 2.33. The molecule has 126 valence electrons. The van der Waals surface area contributed by atoms with Crippen LogP contribution in [0.3, 0.4) is 0 Å². The number of piperidine rings is 3. The molecule has 0 aliphatic carbocycles. The molecule has 1 unspecified atom stereocenters. The van der Waals surface area contributed by atoms with E-state index in [0.29, 0.717) is 18.3 Å². The Labute approximate surface area is 141 Å². The Hall–Kier alpha value is -2.21. The van der Waals surface area contributed by atoms with E-state index >= 15 is 0 Å². The van der Waals surface area contributed by atoms with Crippen LogP contribution < -0.4 is 5.32 Å². The highest BCUT2D eigenvalue weighted by atomic mass is 16.5. The molecule has 1 amide bonds. The molecule has 4 heterocycles. The van der Waals surface area contributed by atoms with Crippen molar-refractivity contribution in [3.05, 3.63) is 36.2 Å². The summed E-state index contributed by atoms with van der Waals surface area (Å²) in [4.78, 5) is 18.9. The number of hydrogen-bond donors (Lipinski definition) is 1. The summed E-state index contributed by atoms with van der Waals surface area (Å²) in [6, 6.07) is 9.50. The molecule has 3 fully saturated rings. The largest absolute Gasteiger partial charge is 0.348 e. The summed E-state index contributed by atoms with van der Waals surface area (Å²) in [7, 11) is 0. The number of nitrogens with one attached hydrogen (secondary N) is 1. The van der Waals surface area contributed by atoms with Crippen LogP contribution in [0.5, 0.6) is 0 Å². The van der Waals surface area contributed by atoms with Crippen molar-refractivity contribution in [3.8, 4) is 11.4 Å². The number of carbonyl (C=O) groups excluding carboxylic acids is 1. The maximum absolute atomic E-state index is 12.2. The molecule has 2 aromatic rings. The summed E-state index contributed by atoms with van der Waals surface area (Å²) in [5.74, 6) is 1.72. The van der Waals surface area contributed by atoms with E-state index in [-0.39, 0.29) is 11.8 Å². The van der Waals surface area contributed by atoms with Gasteiger partial charge in [0.1, 0.15) is 0 Å². The van der Waals surface area contributed by atoms with Crippen molar-refractivity contribution in [3.63, 3.8) is 0 Å². The molecular weight excluding hydrogens is 304 g/mol. The van der Waals surface area contributed by atoms with Gasteiger partial charge in [-0.05, 0) is 44.2 Å². The van der Waals surface area contributed by atoms with Crippen LogP contribution in [0.4, 0.5) is 0 Å². The topological polar surface area (TPSA) is 71.3 Å². The molecule has 2 bridgehead atoms. The average Bonchev–Trinajstić information content (AvgIpc) is 3.14. The molecule has 1 atom stereocenters. The van der Waals surface area contributed by atoms with Gasteiger partial charge in [-0.15, -0.1) is 0 Å². The summed E-state index contributed by atoms with van der Waals surface area (Å²) in [5.41, 5.74) is 0.840. The zero-order valence-electron chi connectivity index (χ0n) is 13.6. The first-order valence-corrected chi connectivity index (χ1v) is 8.69. The van der Waals surface area contributed by atoms with Gasteiger partial charge in [-0.1, -0.05) is 35.5 Å². The number of rotatable bonds is 5. The number of aromatic nitrogens is 2. The molecule has 0 spiro atoms. The predicted octanol–water partition coefficient (Wildman–Crippen LogP) is 2.20. The zero-order chi connectivity index (χ0) is 16.4. The van der Waals surface area contributed by atoms with Gasteiger partial charge in [0.25, 0.3) is 0 Å². The van der Waals surface area contributed by atoms with Crippen LogP contribution in [0, 0.1) is 11.8 Å². The fourth-order valence-corrected chi connectivity index (χ4v) is 3.88. The standard InChI is InChI=1S/C18H22N4O2/c23-17(18-20-16(21-24-18)14-4-2-1-3-5-14)19-9-6-15-12-22-10-7-13(15)8-11-22/h1-5,13,15H,6-12H2,(H,19,23). The Kier molecular flexibility index (Phi) is 4.30. The highest BCUT2D eigenvalue weighted by Crippen LogP contribution is 2.33. The fourth-order valence-electron chi connectivity index (χ4n) is 3.88. The minimum absolute atomic E-state index is 0.0303. The van der Waals surface area contributed by atoms with E-state index in [2.05, 4.69) is 20.4 Å². The third kappa shape index (κ3) is 3.19. The summed E-state index contributed by atoms with van der Waals surface area (Å²) in [6.45, 7) is 4.34. The molecular formula is C18H22N4O2. The zero-order valence-corrected chi connectivity index (χ0v) is 13.6. The van der Waals surface area contributed by atoms with Crippen molar-refractivity contribution in [1.29, 1.82) is 0 Å². The van der Waals surface area contributed by atoms with Crippen molar-refractivity contribution in [2.45, 2.75) is 19.3 Å². The molecule has 6 heteroatoms. The van der Waals surface area contributed by atoms with Crippen molar-refractivity contribution in [2.75, 3.05) is 26.2 Å². The molecule has 0 saturated carbocycles. The lowest BCUT2D eigenvalue weighted by molar-refractivity contribution is 0.0464. The number of hydrogen-bond acceptors (Lipinski definition) is 5. The van der Waals surface area contributed by atoms with Gasteiger partial charge in [-0.25, -0.2) is 0 Å². The summed E-state index contributed by atoms with van der Waals surface area (Å²) >= 11 is 0. The van der Waals surface area contributed by atoms with Crippen LogP contribution in [-0.4, -0.2) is 47.1 Å². The molecule has 3 aliphatic rings. The normalized spacial score (nSPS) is 25.6. The van der Waals surface area contributed by atoms with Crippen LogP contribution in [0.2, 0.25) is 0 Å². The Morgan fingerprint density at radius 2 is 2.04 bits per heavy atom. The second-order valence-electron chi connectivity index (χ2n) is 6.73. The smallest absolute Gasteiger partial charge is 0.316 e. The van der Waals surface area contributed by atoms with E-state index in [1.807, 2.05) is 30.3 Å². The molecule has 24 heavy (non-hydrogen) atoms. The molecule has 3 aliphatic heterocycles. The van der Waals surface area contributed by atoms with Crippen molar-refractivity contribution < 1.29 is 9.32 Å². The third-order valence-electron chi connectivity index (χ3n) is 5.24. The van der Waals surface area contributed by atoms with Crippen LogP contribution in [0.15, 0.2) is 34.9 Å². The van der Waals surface area contributed by atoms with Crippen molar-refractivity contribution in [2.24, 2.45) is 11.8 Å². The van der Waals surface area contributed by atoms with Crippen molar-refractivity contribution >= 4 is 5.91 Å². The number of fused-ring (bicyclic) bond motifs is 3. The molecule has 6 nitrogen and oxygen atoms in total. The van der Waals surface area contributed by atoms with Gasteiger partial charge in [0.05, 0.1) is 0 Å². The quantitative estimate of drug-likeness (QED) is 0.912. The predicted molar refractivity (Wildman–Crippen MR) is 89.3 cm³/mol. The van der Waals surface area contributed by atoms with Gasteiger partial charge in [0.15, 0.2) is 0 Å².